The van der Waals surface area contributed by atoms with Crippen LogP contribution in [0.1, 0.15) is 28.4 Å². The van der Waals surface area contributed by atoms with E-state index in [9.17, 15) is 9.18 Å². The summed E-state index contributed by atoms with van der Waals surface area (Å²) in [4.78, 5) is 13.8. The lowest BCUT2D eigenvalue weighted by Gasteiger charge is -2.35. The van der Waals surface area contributed by atoms with Crippen molar-refractivity contribution >= 4 is 23.1 Å². The Kier molecular flexibility index (Phi) is 6.29. The Morgan fingerprint density at radius 2 is 2.00 bits per heavy atom. The van der Waals surface area contributed by atoms with Crippen molar-refractivity contribution in [1.82, 2.24) is 10.2 Å². The van der Waals surface area contributed by atoms with Crippen molar-refractivity contribution in [1.29, 1.82) is 0 Å². The van der Waals surface area contributed by atoms with Gasteiger partial charge < -0.3 is 19.7 Å². The number of ether oxygens (including phenoxy) is 2. The molecule has 1 atom stereocenters. The van der Waals surface area contributed by atoms with Gasteiger partial charge in [0, 0.05) is 19.1 Å². The van der Waals surface area contributed by atoms with E-state index in [1.165, 1.54) is 36.2 Å². The number of carbonyl (C=O) groups excluding carboxylic acids is 1. The second-order valence-electron chi connectivity index (χ2n) is 7.77. The maximum atomic E-state index is 13.4. The van der Waals surface area contributed by atoms with Crippen molar-refractivity contribution in [2.24, 2.45) is 0 Å². The van der Waals surface area contributed by atoms with Crippen molar-refractivity contribution < 1.29 is 18.7 Å². The highest BCUT2D eigenvalue weighted by molar-refractivity contribution is 7.80. The molecule has 1 heterocycles. The van der Waals surface area contributed by atoms with Gasteiger partial charge in [-0.15, -0.1) is 0 Å². The predicted octanol–water partition coefficient (Wildman–Crippen LogP) is 3.15. The molecule has 1 aliphatic carbocycles. The predicted molar refractivity (Wildman–Crippen MR) is 117 cm³/mol. The number of rotatable bonds is 5. The molecule has 1 N–H and O–H groups in total. The molecule has 0 spiro atoms. The van der Waals surface area contributed by atoms with E-state index < -0.39 is 5.82 Å². The lowest BCUT2D eigenvalue weighted by Crippen LogP contribution is -2.53. The van der Waals surface area contributed by atoms with Crippen molar-refractivity contribution in [3.05, 3.63) is 65.0 Å². The van der Waals surface area contributed by atoms with E-state index in [2.05, 4.69) is 34.5 Å². The number of nitrogens with one attached hydrogen (secondary N) is 1. The average molecular weight is 429 g/mol. The number of Topliss-reactive ketones (excluding diaryl/α,β-unsaturated/α-hetero) is 1. The molecule has 0 amide bonds. The lowest BCUT2D eigenvalue weighted by atomic mass is 10.1. The highest BCUT2D eigenvalue weighted by Crippen LogP contribution is 2.23. The number of morpholine rings is 1. The molecule has 4 rings (SSSR count). The Hall–Kier alpha value is -2.51. The Morgan fingerprint density at radius 1 is 1.27 bits per heavy atom. The third-order valence-electron chi connectivity index (χ3n) is 5.55. The van der Waals surface area contributed by atoms with Gasteiger partial charge in [-0.1, -0.05) is 24.3 Å². The number of halogens is 1. The molecule has 1 unspecified atom stereocenters. The summed E-state index contributed by atoms with van der Waals surface area (Å²) in [5.41, 5.74) is 3.00. The van der Waals surface area contributed by atoms with Crippen LogP contribution >= 0.6 is 12.2 Å². The summed E-state index contributed by atoms with van der Waals surface area (Å²) in [7, 11) is 0. The Morgan fingerprint density at radius 3 is 2.70 bits per heavy atom. The molecule has 0 saturated carbocycles. The van der Waals surface area contributed by atoms with Crippen LogP contribution in [0.3, 0.4) is 0 Å². The standard InChI is InChI=1S/C23H25FN2O3S/c1-15(27)21-12-18(24)6-7-22(21)29-14-20-13-26(8-9-28-20)23(30)25-19-10-16-4-2-3-5-17(16)11-19/h2-7,12,19-20H,8-11,13-14H2,1H3,(H,25,30). The molecular formula is C23H25FN2O3S. The fourth-order valence-electron chi connectivity index (χ4n) is 4.02. The third-order valence-corrected chi connectivity index (χ3v) is 5.93. The van der Waals surface area contributed by atoms with E-state index in [-0.39, 0.29) is 24.1 Å². The summed E-state index contributed by atoms with van der Waals surface area (Å²) in [6.45, 7) is 3.52. The highest BCUT2D eigenvalue weighted by atomic mass is 32.1. The van der Waals surface area contributed by atoms with Gasteiger partial charge in [0.2, 0.25) is 0 Å². The number of ketones is 1. The molecule has 2 aromatic carbocycles. The molecule has 1 fully saturated rings. The minimum atomic E-state index is -0.460. The van der Waals surface area contributed by atoms with Gasteiger partial charge in [-0.25, -0.2) is 4.39 Å². The van der Waals surface area contributed by atoms with E-state index >= 15 is 0 Å². The van der Waals surface area contributed by atoms with Gasteiger partial charge in [-0.05, 0) is 61.3 Å². The summed E-state index contributed by atoms with van der Waals surface area (Å²) in [6, 6.07) is 12.8. The average Bonchev–Trinajstić information content (AvgIpc) is 3.15. The quantitative estimate of drug-likeness (QED) is 0.583. The van der Waals surface area contributed by atoms with Crippen LogP contribution in [0.4, 0.5) is 4.39 Å². The van der Waals surface area contributed by atoms with E-state index in [0.29, 0.717) is 24.9 Å². The monoisotopic (exact) mass is 428 g/mol. The fourth-order valence-corrected chi connectivity index (χ4v) is 4.35. The van der Waals surface area contributed by atoms with Crippen molar-refractivity contribution in [2.45, 2.75) is 31.9 Å². The first kappa shape index (κ1) is 20.8. The van der Waals surface area contributed by atoms with Crippen LogP contribution in [0.25, 0.3) is 0 Å². The molecule has 1 aliphatic heterocycles. The first-order valence-electron chi connectivity index (χ1n) is 10.2. The minimum absolute atomic E-state index is 0.191. The van der Waals surface area contributed by atoms with E-state index in [0.717, 1.165) is 24.5 Å². The van der Waals surface area contributed by atoms with E-state index in [1.54, 1.807) is 0 Å². The maximum absolute atomic E-state index is 13.4. The smallest absolute Gasteiger partial charge is 0.169 e. The molecular weight excluding hydrogens is 403 g/mol. The minimum Gasteiger partial charge on any atom is -0.490 e. The normalized spacial score (nSPS) is 18.7. The van der Waals surface area contributed by atoms with Gasteiger partial charge in [-0.3, -0.25) is 4.79 Å². The molecule has 2 aliphatic rings. The second kappa shape index (κ2) is 9.10. The van der Waals surface area contributed by atoms with Gasteiger partial charge in [0.05, 0.1) is 12.2 Å². The number of nitrogens with zero attached hydrogens (tertiary/aromatic N) is 1. The third kappa shape index (κ3) is 4.79. The van der Waals surface area contributed by atoms with Gasteiger partial charge in [0.1, 0.15) is 24.3 Å². The van der Waals surface area contributed by atoms with Crippen LogP contribution in [0, 0.1) is 5.82 Å². The van der Waals surface area contributed by atoms with Crippen molar-refractivity contribution in [3.63, 3.8) is 0 Å². The molecule has 2 aromatic rings. The fraction of sp³-hybridized carbons (Fsp3) is 0.391. The summed E-state index contributed by atoms with van der Waals surface area (Å²) in [6.07, 6.45) is 1.76. The molecule has 158 valence electrons. The second-order valence-corrected chi connectivity index (χ2v) is 8.16. The topological polar surface area (TPSA) is 50.8 Å². The van der Waals surface area contributed by atoms with Crippen LogP contribution in [0.5, 0.6) is 5.75 Å². The number of thiocarbonyl (C=S) groups is 1. The van der Waals surface area contributed by atoms with Crippen molar-refractivity contribution in [2.75, 3.05) is 26.3 Å². The summed E-state index contributed by atoms with van der Waals surface area (Å²) in [5.74, 6) is -0.328. The zero-order valence-corrected chi connectivity index (χ0v) is 17.7. The summed E-state index contributed by atoms with van der Waals surface area (Å²) < 4.78 is 25.0. The SMILES string of the molecule is CC(=O)c1cc(F)ccc1OCC1CN(C(=S)NC2Cc3ccccc3C2)CCO1. The number of hydrogen-bond acceptors (Lipinski definition) is 4. The molecule has 0 radical (unpaired) electrons. The van der Waals surface area contributed by atoms with E-state index in [1.807, 2.05) is 0 Å². The van der Waals surface area contributed by atoms with Gasteiger partial charge in [0.25, 0.3) is 0 Å². The molecule has 0 bridgehead atoms. The van der Waals surface area contributed by atoms with Crippen molar-refractivity contribution in [3.8, 4) is 5.75 Å². The Bertz CT molecular complexity index is 927. The number of carbonyl (C=O) groups is 1. The molecule has 1 saturated heterocycles. The van der Waals surface area contributed by atoms with Crippen LogP contribution in [0.2, 0.25) is 0 Å². The summed E-state index contributed by atoms with van der Waals surface area (Å²) in [5, 5.41) is 4.22. The zero-order chi connectivity index (χ0) is 21.1. The van der Waals surface area contributed by atoms with Crippen LogP contribution in [-0.4, -0.2) is 54.2 Å². The summed E-state index contributed by atoms with van der Waals surface area (Å²) >= 11 is 5.65. The van der Waals surface area contributed by atoms with Gasteiger partial charge >= 0.3 is 0 Å². The van der Waals surface area contributed by atoms with Crippen LogP contribution in [-0.2, 0) is 17.6 Å². The molecule has 5 nitrogen and oxygen atoms in total. The Balaban J connectivity index is 1.31. The first-order chi connectivity index (χ1) is 14.5. The number of fused-ring (bicyclic) bond motifs is 1. The van der Waals surface area contributed by atoms with Crippen LogP contribution in [0.15, 0.2) is 42.5 Å². The maximum Gasteiger partial charge on any atom is 0.169 e. The Labute approximate surface area is 181 Å². The highest BCUT2D eigenvalue weighted by Gasteiger charge is 2.27. The molecule has 30 heavy (non-hydrogen) atoms. The number of hydrogen-bond donors (Lipinski definition) is 1. The van der Waals surface area contributed by atoms with Gasteiger partial charge in [0.15, 0.2) is 10.9 Å². The first-order valence-corrected chi connectivity index (χ1v) is 10.6. The molecule has 0 aromatic heterocycles. The molecule has 7 heteroatoms. The van der Waals surface area contributed by atoms with Gasteiger partial charge in [-0.2, -0.15) is 0 Å². The zero-order valence-electron chi connectivity index (χ0n) is 16.9. The largest absolute Gasteiger partial charge is 0.490 e. The van der Waals surface area contributed by atoms with E-state index in [4.69, 9.17) is 21.7 Å². The van der Waals surface area contributed by atoms with Crippen LogP contribution < -0.4 is 10.1 Å². The lowest BCUT2D eigenvalue weighted by molar-refractivity contribution is -0.0290. The number of benzene rings is 2.